The van der Waals surface area contributed by atoms with Crippen molar-refractivity contribution in [2.75, 3.05) is 18.1 Å². The first-order valence-electron chi connectivity index (χ1n) is 6.12. The minimum atomic E-state index is -3.68. The molecule has 0 saturated carbocycles. The number of hydrogen-bond donors (Lipinski definition) is 0. The summed E-state index contributed by atoms with van der Waals surface area (Å²) in [5.41, 5.74) is 1.59. The fourth-order valence-electron chi connectivity index (χ4n) is 1.76. The molecule has 0 saturated heterocycles. The summed E-state index contributed by atoms with van der Waals surface area (Å²) in [6.45, 7) is 6.43. The first-order valence-corrected chi connectivity index (χ1v) is 9.59. The number of halogens is 1. The molecule has 0 amide bonds. The molecule has 0 aliphatic heterocycles. The summed E-state index contributed by atoms with van der Waals surface area (Å²) in [6, 6.07) is 3.09. The molecule has 1 aromatic rings. The second kappa shape index (κ2) is 7.41. The monoisotopic (exact) mass is 322 g/mol. The summed E-state index contributed by atoms with van der Waals surface area (Å²) >= 11 is 1.88. The fourth-order valence-corrected chi connectivity index (χ4v) is 3.27. The molecule has 1 aromatic carbocycles. The molecule has 0 aromatic heterocycles. The fraction of sp³-hybridized carbons (Fsp3) is 0.538. The second-order valence-electron chi connectivity index (χ2n) is 4.22. The third kappa shape index (κ3) is 5.24. The van der Waals surface area contributed by atoms with Gasteiger partial charge in [0, 0.05) is 10.7 Å². The van der Waals surface area contributed by atoms with Crippen LogP contribution in [0.2, 0.25) is 0 Å². The molecule has 0 N–H and O–H groups in total. The van der Waals surface area contributed by atoms with Gasteiger partial charge in [-0.05, 0) is 55.0 Å². The van der Waals surface area contributed by atoms with Crippen molar-refractivity contribution in [3.63, 3.8) is 0 Å². The van der Waals surface area contributed by atoms with Crippen LogP contribution in [-0.2, 0) is 9.05 Å². The largest absolute Gasteiger partial charge is 0.493 e. The van der Waals surface area contributed by atoms with E-state index in [0.29, 0.717) is 6.61 Å². The zero-order chi connectivity index (χ0) is 14.5. The molecule has 6 heteroatoms. The lowest BCUT2D eigenvalue weighted by molar-refractivity contribution is 0.314. The van der Waals surface area contributed by atoms with Gasteiger partial charge in [-0.1, -0.05) is 6.92 Å². The first-order chi connectivity index (χ1) is 8.86. The Labute approximate surface area is 124 Å². The quantitative estimate of drug-likeness (QED) is 0.566. The molecule has 0 atom stereocenters. The molecule has 1 rings (SSSR count). The Morgan fingerprint density at radius 3 is 2.32 bits per heavy atom. The summed E-state index contributed by atoms with van der Waals surface area (Å²) in [7, 11) is 1.66. The Morgan fingerprint density at radius 2 is 1.84 bits per heavy atom. The van der Waals surface area contributed by atoms with E-state index in [1.54, 1.807) is 12.1 Å². The van der Waals surface area contributed by atoms with Crippen molar-refractivity contribution in [2.45, 2.75) is 32.1 Å². The Hall–Kier alpha value is -0.390. The van der Waals surface area contributed by atoms with Crippen molar-refractivity contribution in [2.24, 2.45) is 0 Å². The maximum atomic E-state index is 11.3. The molecule has 0 aliphatic rings. The number of aryl methyl sites for hydroxylation is 2. The molecule has 19 heavy (non-hydrogen) atoms. The molecule has 0 bridgehead atoms. The van der Waals surface area contributed by atoms with Crippen molar-refractivity contribution in [3.8, 4) is 5.75 Å². The van der Waals surface area contributed by atoms with Gasteiger partial charge in [0.2, 0.25) is 0 Å². The van der Waals surface area contributed by atoms with Gasteiger partial charge in [0.15, 0.2) is 0 Å². The minimum Gasteiger partial charge on any atom is -0.493 e. The summed E-state index contributed by atoms with van der Waals surface area (Å²) < 4.78 is 28.3. The van der Waals surface area contributed by atoms with Crippen LogP contribution >= 0.6 is 22.4 Å². The van der Waals surface area contributed by atoms with Crippen LogP contribution in [0.5, 0.6) is 5.75 Å². The average molecular weight is 323 g/mol. The highest BCUT2D eigenvalue weighted by molar-refractivity contribution is 8.13. The summed E-state index contributed by atoms with van der Waals surface area (Å²) in [5.74, 6) is 2.94. The van der Waals surface area contributed by atoms with E-state index in [1.807, 2.05) is 25.6 Å². The van der Waals surface area contributed by atoms with Crippen LogP contribution in [0, 0.1) is 13.8 Å². The Balaban J connectivity index is 2.75. The summed E-state index contributed by atoms with van der Waals surface area (Å²) in [5, 5.41) is 0. The first kappa shape index (κ1) is 16.7. The molecule has 0 aliphatic carbocycles. The molecule has 0 heterocycles. The van der Waals surface area contributed by atoms with Crippen molar-refractivity contribution in [1.82, 2.24) is 0 Å². The van der Waals surface area contributed by atoms with Crippen LogP contribution in [-0.4, -0.2) is 26.5 Å². The van der Waals surface area contributed by atoms with E-state index in [-0.39, 0.29) is 4.90 Å². The maximum Gasteiger partial charge on any atom is 0.261 e. The van der Waals surface area contributed by atoms with Gasteiger partial charge < -0.3 is 4.74 Å². The minimum absolute atomic E-state index is 0.123. The van der Waals surface area contributed by atoms with Gasteiger partial charge in [-0.3, -0.25) is 0 Å². The number of rotatable bonds is 7. The maximum absolute atomic E-state index is 11.3. The van der Waals surface area contributed by atoms with Gasteiger partial charge in [0.25, 0.3) is 9.05 Å². The summed E-state index contributed by atoms with van der Waals surface area (Å²) in [6.07, 6.45) is 0.979. The van der Waals surface area contributed by atoms with Gasteiger partial charge in [0.1, 0.15) is 5.75 Å². The lowest BCUT2D eigenvalue weighted by Gasteiger charge is -2.13. The van der Waals surface area contributed by atoms with E-state index in [9.17, 15) is 8.42 Å². The Morgan fingerprint density at radius 1 is 1.26 bits per heavy atom. The van der Waals surface area contributed by atoms with Crippen molar-refractivity contribution < 1.29 is 13.2 Å². The number of thioether (sulfide) groups is 1. The predicted octanol–water partition coefficient (Wildman–Crippen LogP) is 3.75. The summed E-state index contributed by atoms with van der Waals surface area (Å²) in [4.78, 5) is 0.123. The normalized spacial score (nSPS) is 11.6. The molecule has 108 valence electrons. The number of benzene rings is 1. The van der Waals surface area contributed by atoms with Crippen LogP contribution in [0.1, 0.15) is 24.5 Å². The third-order valence-electron chi connectivity index (χ3n) is 2.60. The van der Waals surface area contributed by atoms with Crippen molar-refractivity contribution in [3.05, 3.63) is 23.3 Å². The van der Waals surface area contributed by atoms with E-state index in [0.717, 1.165) is 34.8 Å². The SMILES string of the molecule is CCSCCCOc1c(C)cc(S(=O)(=O)Cl)cc1C. The molecule has 3 nitrogen and oxygen atoms in total. The Kier molecular flexibility index (Phi) is 6.50. The van der Waals surface area contributed by atoms with Gasteiger partial charge in [-0.15, -0.1) is 0 Å². The van der Waals surface area contributed by atoms with E-state index in [2.05, 4.69) is 6.92 Å². The van der Waals surface area contributed by atoms with Crippen LogP contribution in [0.25, 0.3) is 0 Å². The Bertz CT molecular complexity index is 504. The van der Waals surface area contributed by atoms with Crippen molar-refractivity contribution >= 4 is 31.5 Å². The highest BCUT2D eigenvalue weighted by Crippen LogP contribution is 2.28. The lowest BCUT2D eigenvalue weighted by atomic mass is 10.1. The van der Waals surface area contributed by atoms with Crippen LogP contribution in [0.4, 0.5) is 0 Å². The van der Waals surface area contributed by atoms with E-state index < -0.39 is 9.05 Å². The van der Waals surface area contributed by atoms with Gasteiger partial charge in [-0.2, -0.15) is 11.8 Å². The standard InChI is InChI=1S/C13H19ClO3S2/c1-4-18-7-5-6-17-13-10(2)8-12(9-11(13)3)19(14,15)16/h8-9H,4-7H2,1-3H3. The highest BCUT2D eigenvalue weighted by atomic mass is 35.7. The molecular formula is C13H19ClO3S2. The zero-order valence-electron chi connectivity index (χ0n) is 11.4. The molecule has 0 unspecified atom stereocenters. The molecule has 0 spiro atoms. The third-order valence-corrected chi connectivity index (χ3v) is 4.92. The van der Waals surface area contributed by atoms with Crippen LogP contribution in [0.15, 0.2) is 17.0 Å². The molecule has 0 fully saturated rings. The average Bonchev–Trinajstić information content (AvgIpc) is 2.30. The van der Waals surface area contributed by atoms with Gasteiger partial charge in [-0.25, -0.2) is 8.42 Å². The van der Waals surface area contributed by atoms with Crippen LogP contribution < -0.4 is 4.74 Å². The van der Waals surface area contributed by atoms with Gasteiger partial charge in [0.05, 0.1) is 11.5 Å². The highest BCUT2D eigenvalue weighted by Gasteiger charge is 2.14. The predicted molar refractivity (Wildman–Crippen MR) is 82.1 cm³/mol. The van der Waals surface area contributed by atoms with E-state index in [4.69, 9.17) is 15.4 Å². The number of hydrogen-bond acceptors (Lipinski definition) is 4. The van der Waals surface area contributed by atoms with E-state index in [1.165, 1.54) is 0 Å². The topological polar surface area (TPSA) is 43.4 Å². The van der Waals surface area contributed by atoms with Crippen molar-refractivity contribution in [1.29, 1.82) is 0 Å². The van der Waals surface area contributed by atoms with Crippen LogP contribution in [0.3, 0.4) is 0 Å². The molecular weight excluding hydrogens is 304 g/mol. The molecule has 0 radical (unpaired) electrons. The van der Waals surface area contributed by atoms with Gasteiger partial charge >= 0.3 is 0 Å². The zero-order valence-corrected chi connectivity index (χ0v) is 13.8. The van der Waals surface area contributed by atoms with E-state index >= 15 is 0 Å². The lowest BCUT2D eigenvalue weighted by Crippen LogP contribution is -2.03. The second-order valence-corrected chi connectivity index (χ2v) is 8.18. The number of ether oxygens (including phenoxy) is 1. The smallest absolute Gasteiger partial charge is 0.261 e.